The van der Waals surface area contributed by atoms with E-state index in [2.05, 4.69) is 55.5 Å². The fraction of sp³-hybridized carbons (Fsp3) is 0.118. The molecule has 22 heavy (non-hydrogen) atoms. The third kappa shape index (κ3) is 2.40. The molecule has 0 unspecified atom stereocenters. The van der Waals surface area contributed by atoms with Crippen molar-refractivity contribution in [3.05, 3.63) is 65.8 Å². The van der Waals surface area contributed by atoms with E-state index in [1.54, 1.807) is 17.5 Å². The molecule has 0 saturated carbocycles. The Kier molecular flexibility index (Phi) is 3.20. The lowest BCUT2D eigenvalue weighted by Crippen LogP contribution is -2.04. The monoisotopic (exact) mass is 306 g/mol. The smallest absolute Gasteiger partial charge is 0.105 e. The highest BCUT2D eigenvalue weighted by Gasteiger charge is 2.05. The summed E-state index contributed by atoms with van der Waals surface area (Å²) in [5.74, 6) is 0.979. The Morgan fingerprint density at radius 1 is 1.14 bits per heavy atom. The second kappa shape index (κ2) is 5.35. The average Bonchev–Trinajstić information content (AvgIpc) is 3.16. The number of imidazole rings is 1. The van der Waals surface area contributed by atoms with Crippen molar-refractivity contribution in [1.29, 1.82) is 0 Å². The third-order valence-electron chi connectivity index (χ3n) is 3.75. The Hall–Kier alpha value is -2.53. The molecule has 5 heteroatoms. The van der Waals surface area contributed by atoms with E-state index in [4.69, 9.17) is 0 Å². The van der Waals surface area contributed by atoms with Crippen LogP contribution in [0.1, 0.15) is 11.5 Å². The minimum absolute atomic E-state index is 0.688. The van der Waals surface area contributed by atoms with Gasteiger partial charge in [-0.1, -0.05) is 6.07 Å². The van der Waals surface area contributed by atoms with Crippen LogP contribution in [0.2, 0.25) is 0 Å². The maximum absolute atomic E-state index is 4.24. The molecular weight excluding hydrogens is 292 g/mol. The van der Waals surface area contributed by atoms with Crippen LogP contribution in [0.25, 0.3) is 21.2 Å². The Morgan fingerprint density at radius 2 is 2.09 bits per heavy atom. The minimum atomic E-state index is 0.688. The van der Waals surface area contributed by atoms with Gasteiger partial charge in [0.2, 0.25) is 0 Å². The maximum atomic E-state index is 4.24. The van der Waals surface area contributed by atoms with E-state index in [1.807, 2.05) is 19.3 Å². The summed E-state index contributed by atoms with van der Waals surface area (Å²) >= 11 is 1.76. The number of aromatic nitrogens is 4. The molecule has 3 heterocycles. The Balaban J connectivity index is 1.70. The van der Waals surface area contributed by atoms with Crippen molar-refractivity contribution in [2.24, 2.45) is 0 Å². The second-order valence-electron chi connectivity index (χ2n) is 5.21. The number of fused-ring (bicyclic) bond motifs is 1. The van der Waals surface area contributed by atoms with E-state index < -0.39 is 0 Å². The molecule has 0 fully saturated rings. The van der Waals surface area contributed by atoms with Crippen LogP contribution >= 0.6 is 11.3 Å². The zero-order valence-electron chi connectivity index (χ0n) is 12.1. The summed E-state index contributed by atoms with van der Waals surface area (Å²) < 4.78 is 3.37. The van der Waals surface area contributed by atoms with Gasteiger partial charge in [0, 0.05) is 22.7 Å². The van der Waals surface area contributed by atoms with Gasteiger partial charge in [-0.05, 0) is 47.5 Å². The lowest BCUT2D eigenvalue weighted by Gasteiger charge is -2.06. The van der Waals surface area contributed by atoms with Crippen molar-refractivity contribution in [1.82, 2.24) is 19.7 Å². The van der Waals surface area contributed by atoms with Gasteiger partial charge in [0.25, 0.3) is 0 Å². The lowest BCUT2D eigenvalue weighted by atomic mass is 10.1. The normalized spacial score (nSPS) is 11.1. The van der Waals surface area contributed by atoms with Crippen molar-refractivity contribution in [2.45, 2.75) is 13.5 Å². The van der Waals surface area contributed by atoms with Gasteiger partial charge in [0.15, 0.2) is 0 Å². The summed E-state index contributed by atoms with van der Waals surface area (Å²) in [5.41, 5.74) is 3.20. The molecule has 0 aliphatic rings. The lowest BCUT2D eigenvalue weighted by molar-refractivity contribution is 0.727. The SMILES string of the molecule is Cc1nccn1Cc1cc(-c2ccc3sccc3c2)cnn1. The molecule has 0 spiro atoms. The molecule has 4 aromatic rings. The summed E-state index contributed by atoms with van der Waals surface area (Å²) in [6.45, 7) is 2.68. The molecule has 108 valence electrons. The van der Waals surface area contributed by atoms with Crippen molar-refractivity contribution in [2.75, 3.05) is 0 Å². The van der Waals surface area contributed by atoms with Gasteiger partial charge >= 0.3 is 0 Å². The second-order valence-corrected chi connectivity index (χ2v) is 6.16. The van der Waals surface area contributed by atoms with Crippen LogP contribution in [0.4, 0.5) is 0 Å². The highest BCUT2D eigenvalue weighted by atomic mass is 32.1. The molecule has 0 radical (unpaired) electrons. The van der Waals surface area contributed by atoms with Gasteiger partial charge in [-0.3, -0.25) is 0 Å². The van der Waals surface area contributed by atoms with Crippen LogP contribution in [0.3, 0.4) is 0 Å². The predicted molar refractivity (Wildman–Crippen MR) is 88.9 cm³/mol. The number of hydrogen-bond donors (Lipinski definition) is 0. The fourth-order valence-corrected chi connectivity index (χ4v) is 3.31. The van der Waals surface area contributed by atoms with Crippen LogP contribution in [-0.2, 0) is 6.54 Å². The van der Waals surface area contributed by atoms with Crippen LogP contribution in [0.5, 0.6) is 0 Å². The van der Waals surface area contributed by atoms with Gasteiger partial charge in [-0.25, -0.2) is 4.98 Å². The molecule has 0 saturated heterocycles. The molecule has 1 aromatic carbocycles. The van der Waals surface area contributed by atoms with E-state index in [-0.39, 0.29) is 0 Å². The fourth-order valence-electron chi connectivity index (χ4n) is 2.54. The highest BCUT2D eigenvalue weighted by molar-refractivity contribution is 7.17. The standard InChI is InChI=1S/C17H14N4S/c1-12-18-5-6-21(12)11-16-9-15(10-19-20-16)13-2-3-17-14(8-13)4-7-22-17/h2-10H,11H2,1H3. The molecule has 0 amide bonds. The van der Waals surface area contributed by atoms with Gasteiger partial charge in [-0.2, -0.15) is 10.2 Å². The first-order chi connectivity index (χ1) is 10.8. The van der Waals surface area contributed by atoms with Gasteiger partial charge < -0.3 is 4.57 Å². The van der Waals surface area contributed by atoms with E-state index in [9.17, 15) is 0 Å². The maximum Gasteiger partial charge on any atom is 0.105 e. The number of nitrogens with zero attached hydrogens (tertiary/aromatic N) is 4. The number of rotatable bonds is 3. The summed E-state index contributed by atoms with van der Waals surface area (Å²) in [6, 6.07) is 10.8. The number of hydrogen-bond acceptors (Lipinski definition) is 4. The molecule has 0 bridgehead atoms. The summed E-state index contributed by atoms with van der Waals surface area (Å²) in [4.78, 5) is 4.24. The van der Waals surface area contributed by atoms with Crippen molar-refractivity contribution in [3.63, 3.8) is 0 Å². The third-order valence-corrected chi connectivity index (χ3v) is 4.64. The van der Waals surface area contributed by atoms with E-state index in [0.717, 1.165) is 17.1 Å². The van der Waals surface area contributed by atoms with Crippen LogP contribution < -0.4 is 0 Å². The summed E-state index contributed by atoms with van der Waals surface area (Å²) in [6.07, 6.45) is 5.58. The number of benzene rings is 1. The highest BCUT2D eigenvalue weighted by Crippen LogP contribution is 2.27. The van der Waals surface area contributed by atoms with E-state index in [1.165, 1.54) is 15.6 Å². The van der Waals surface area contributed by atoms with Crippen molar-refractivity contribution in [3.8, 4) is 11.1 Å². The molecule has 0 N–H and O–H groups in total. The van der Waals surface area contributed by atoms with Crippen molar-refractivity contribution >= 4 is 21.4 Å². The largest absolute Gasteiger partial charge is 0.329 e. The summed E-state index contributed by atoms with van der Waals surface area (Å²) in [7, 11) is 0. The molecular formula is C17H14N4S. The number of thiophene rings is 1. The first kappa shape index (κ1) is 13.2. The van der Waals surface area contributed by atoms with Gasteiger partial charge in [0.05, 0.1) is 18.4 Å². The quantitative estimate of drug-likeness (QED) is 0.576. The molecule has 4 rings (SSSR count). The van der Waals surface area contributed by atoms with Crippen LogP contribution in [0, 0.1) is 6.92 Å². The average molecular weight is 306 g/mol. The molecule has 0 aliphatic heterocycles. The predicted octanol–water partition coefficient (Wildman–Crippen LogP) is 3.91. The van der Waals surface area contributed by atoms with Crippen molar-refractivity contribution < 1.29 is 0 Å². The Labute approximate surface area is 132 Å². The topological polar surface area (TPSA) is 43.6 Å². The molecule has 0 atom stereocenters. The molecule has 4 nitrogen and oxygen atoms in total. The van der Waals surface area contributed by atoms with Crippen LogP contribution in [0.15, 0.2) is 54.3 Å². The minimum Gasteiger partial charge on any atom is -0.329 e. The van der Waals surface area contributed by atoms with E-state index in [0.29, 0.717) is 6.54 Å². The van der Waals surface area contributed by atoms with E-state index >= 15 is 0 Å². The first-order valence-electron chi connectivity index (χ1n) is 7.06. The molecule has 3 aromatic heterocycles. The summed E-state index contributed by atoms with van der Waals surface area (Å²) in [5, 5.41) is 11.8. The van der Waals surface area contributed by atoms with Crippen LogP contribution in [-0.4, -0.2) is 19.7 Å². The number of aryl methyl sites for hydroxylation is 1. The Bertz CT molecular complexity index is 938. The zero-order valence-corrected chi connectivity index (χ0v) is 12.9. The van der Waals surface area contributed by atoms with Gasteiger partial charge in [-0.15, -0.1) is 11.3 Å². The first-order valence-corrected chi connectivity index (χ1v) is 7.94. The van der Waals surface area contributed by atoms with Gasteiger partial charge in [0.1, 0.15) is 5.82 Å². The Morgan fingerprint density at radius 3 is 2.95 bits per heavy atom. The molecule has 0 aliphatic carbocycles. The zero-order chi connectivity index (χ0) is 14.9.